The fourth-order valence-electron chi connectivity index (χ4n) is 4.57. The Morgan fingerprint density at radius 2 is 0.861 bits per heavy atom. The molecular weight excluding hydrogens is 590 g/mol. The Kier molecular flexibility index (Phi) is 19.3. The first-order chi connectivity index (χ1) is 17.4. The van der Waals surface area contributed by atoms with E-state index in [0.717, 1.165) is 64.2 Å². The third-order valence-electron chi connectivity index (χ3n) is 6.97. The highest BCUT2D eigenvalue weighted by atomic mass is 79.9. The first kappa shape index (κ1) is 33.7. The highest BCUT2D eigenvalue weighted by Crippen LogP contribution is 2.43. The van der Waals surface area contributed by atoms with Crippen LogP contribution in [0.25, 0.3) is 0 Å². The molecule has 0 aliphatic rings. The van der Waals surface area contributed by atoms with Gasteiger partial charge in [0.15, 0.2) is 23.1 Å². The van der Waals surface area contributed by atoms with Gasteiger partial charge in [0, 0.05) is 0 Å². The van der Waals surface area contributed by atoms with E-state index in [1.807, 2.05) is 0 Å². The van der Waals surface area contributed by atoms with Crippen molar-refractivity contribution in [2.24, 2.45) is 11.8 Å². The number of hydrogen-bond donors (Lipinski definition) is 0. The summed E-state index contributed by atoms with van der Waals surface area (Å²) in [7, 11) is 0. The highest BCUT2D eigenvalue weighted by molar-refractivity contribution is 9.11. The van der Waals surface area contributed by atoms with E-state index >= 15 is 8.78 Å². The van der Waals surface area contributed by atoms with Crippen molar-refractivity contribution >= 4 is 31.9 Å². The standard InChI is InChI=1S/C30H50Br2F2O2/c1-5-9-13-15-19-23(17-11-7-3)21-35-29-25(31)28(34)30(26(32)27(29)33)36-22-24(18-12-8-4)20-16-14-10-6-2/h23-24H,5-22H2,1-4H3. The second-order valence-electron chi connectivity index (χ2n) is 10.3. The SMILES string of the molecule is CCCCCCC(CCCC)COc1c(F)c(Br)c(OCC(CCCC)CCCCCC)c(F)c1Br. The molecule has 0 N–H and O–H groups in total. The molecule has 0 bridgehead atoms. The molecule has 0 saturated heterocycles. The van der Waals surface area contributed by atoms with Gasteiger partial charge in [-0.25, -0.2) is 8.78 Å². The molecule has 0 amide bonds. The van der Waals surface area contributed by atoms with Crippen LogP contribution in [0.2, 0.25) is 0 Å². The van der Waals surface area contributed by atoms with Crippen LogP contribution in [0.1, 0.15) is 130 Å². The lowest BCUT2D eigenvalue weighted by Crippen LogP contribution is -2.16. The van der Waals surface area contributed by atoms with E-state index in [1.54, 1.807) is 0 Å². The van der Waals surface area contributed by atoms with Gasteiger partial charge in [0.25, 0.3) is 0 Å². The molecule has 0 radical (unpaired) electrons. The maximum absolute atomic E-state index is 15.3. The number of rotatable bonds is 22. The van der Waals surface area contributed by atoms with Crippen LogP contribution < -0.4 is 9.47 Å². The molecule has 210 valence electrons. The normalized spacial score (nSPS) is 13.1. The van der Waals surface area contributed by atoms with Gasteiger partial charge in [-0.1, -0.05) is 105 Å². The van der Waals surface area contributed by atoms with Crippen molar-refractivity contribution < 1.29 is 18.3 Å². The minimum atomic E-state index is -0.605. The summed E-state index contributed by atoms with van der Waals surface area (Å²) in [5, 5.41) is 0. The maximum atomic E-state index is 15.3. The van der Waals surface area contributed by atoms with Crippen LogP contribution in [0.15, 0.2) is 8.95 Å². The summed E-state index contributed by atoms with van der Waals surface area (Å²) in [4.78, 5) is 0. The molecule has 0 aliphatic carbocycles. The molecule has 0 heterocycles. The number of benzene rings is 1. The van der Waals surface area contributed by atoms with Crippen LogP contribution in [0.5, 0.6) is 11.5 Å². The molecular formula is C30H50Br2F2O2. The van der Waals surface area contributed by atoms with Gasteiger partial charge in [-0.15, -0.1) is 0 Å². The minimum absolute atomic E-state index is 0.00600. The fraction of sp³-hybridized carbons (Fsp3) is 0.800. The molecule has 1 aromatic carbocycles. The molecule has 0 aromatic heterocycles. The molecule has 6 heteroatoms. The molecule has 2 atom stereocenters. The smallest absolute Gasteiger partial charge is 0.184 e. The summed E-state index contributed by atoms with van der Waals surface area (Å²) in [5.41, 5.74) is 0. The maximum Gasteiger partial charge on any atom is 0.184 e. The van der Waals surface area contributed by atoms with Crippen LogP contribution in [0, 0.1) is 23.5 Å². The monoisotopic (exact) mass is 638 g/mol. The van der Waals surface area contributed by atoms with Crippen LogP contribution in [-0.2, 0) is 0 Å². The molecule has 0 fully saturated rings. The molecule has 0 aliphatic heterocycles. The Balaban J connectivity index is 2.88. The van der Waals surface area contributed by atoms with Gasteiger partial charge in [-0.3, -0.25) is 0 Å². The zero-order valence-electron chi connectivity index (χ0n) is 23.2. The lowest BCUT2D eigenvalue weighted by molar-refractivity contribution is 0.204. The van der Waals surface area contributed by atoms with E-state index in [9.17, 15) is 0 Å². The molecule has 1 rings (SSSR count). The molecule has 2 nitrogen and oxygen atoms in total. The Morgan fingerprint density at radius 3 is 1.19 bits per heavy atom. The third-order valence-corrected chi connectivity index (χ3v) is 8.39. The molecule has 36 heavy (non-hydrogen) atoms. The van der Waals surface area contributed by atoms with Crippen LogP contribution >= 0.6 is 31.9 Å². The quantitative estimate of drug-likeness (QED) is 0.0928. The first-order valence-electron chi connectivity index (χ1n) is 14.5. The Morgan fingerprint density at radius 1 is 0.528 bits per heavy atom. The third kappa shape index (κ3) is 12.5. The van der Waals surface area contributed by atoms with E-state index in [-0.39, 0.29) is 20.4 Å². The summed E-state index contributed by atoms with van der Waals surface area (Å²) in [6, 6.07) is 0. The van der Waals surface area contributed by atoms with Gasteiger partial charge < -0.3 is 9.47 Å². The van der Waals surface area contributed by atoms with Crippen molar-refractivity contribution in [3.05, 3.63) is 20.6 Å². The van der Waals surface area contributed by atoms with Crippen molar-refractivity contribution in [2.75, 3.05) is 13.2 Å². The van der Waals surface area contributed by atoms with Crippen molar-refractivity contribution in [2.45, 2.75) is 130 Å². The number of hydrogen-bond acceptors (Lipinski definition) is 2. The molecule has 1 aromatic rings. The minimum Gasteiger partial charge on any atom is -0.489 e. The zero-order valence-corrected chi connectivity index (χ0v) is 26.4. The number of halogens is 4. The summed E-state index contributed by atoms with van der Waals surface area (Å²) < 4.78 is 42.5. The van der Waals surface area contributed by atoms with Gasteiger partial charge in [-0.05, 0) is 69.4 Å². The summed E-state index contributed by atoms with van der Waals surface area (Å²) in [6.45, 7) is 9.55. The van der Waals surface area contributed by atoms with Gasteiger partial charge in [-0.2, -0.15) is 0 Å². The predicted molar refractivity (Wildman–Crippen MR) is 156 cm³/mol. The predicted octanol–water partition coefficient (Wildman–Crippen LogP) is 11.8. The van der Waals surface area contributed by atoms with Crippen LogP contribution in [0.3, 0.4) is 0 Å². The Hall–Kier alpha value is -0.360. The van der Waals surface area contributed by atoms with Crippen molar-refractivity contribution in [3.8, 4) is 11.5 Å². The summed E-state index contributed by atoms with van der Waals surface area (Å²) >= 11 is 6.52. The first-order valence-corrected chi connectivity index (χ1v) is 16.1. The Labute approximate surface area is 236 Å². The number of ether oxygens (including phenoxy) is 2. The highest BCUT2D eigenvalue weighted by Gasteiger charge is 2.26. The average Bonchev–Trinajstić information content (AvgIpc) is 2.88. The second kappa shape index (κ2) is 20.6. The largest absolute Gasteiger partial charge is 0.489 e. The molecule has 0 saturated carbocycles. The van der Waals surface area contributed by atoms with Crippen molar-refractivity contribution in [3.63, 3.8) is 0 Å². The molecule has 0 spiro atoms. The van der Waals surface area contributed by atoms with Crippen molar-refractivity contribution in [1.29, 1.82) is 0 Å². The van der Waals surface area contributed by atoms with E-state index < -0.39 is 11.6 Å². The van der Waals surface area contributed by atoms with E-state index in [1.165, 1.54) is 38.5 Å². The van der Waals surface area contributed by atoms with E-state index in [2.05, 4.69) is 59.6 Å². The Bertz CT molecular complexity index is 627. The van der Waals surface area contributed by atoms with Gasteiger partial charge in [0.05, 0.1) is 13.2 Å². The fourth-order valence-corrected chi connectivity index (χ4v) is 5.51. The lowest BCUT2D eigenvalue weighted by Gasteiger charge is -2.21. The summed E-state index contributed by atoms with van der Waals surface area (Å²) in [6.07, 6.45) is 18.3. The topological polar surface area (TPSA) is 18.5 Å². The van der Waals surface area contributed by atoms with Crippen LogP contribution in [-0.4, -0.2) is 13.2 Å². The van der Waals surface area contributed by atoms with Gasteiger partial charge in [0.2, 0.25) is 0 Å². The van der Waals surface area contributed by atoms with Gasteiger partial charge in [0.1, 0.15) is 8.95 Å². The number of unbranched alkanes of at least 4 members (excludes halogenated alkanes) is 8. The van der Waals surface area contributed by atoms with Crippen molar-refractivity contribution in [1.82, 2.24) is 0 Å². The van der Waals surface area contributed by atoms with E-state index in [4.69, 9.17) is 9.47 Å². The average molecular weight is 641 g/mol. The lowest BCUT2D eigenvalue weighted by atomic mass is 9.96. The molecule has 2 unspecified atom stereocenters. The summed E-state index contributed by atoms with van der Waals surface area (Å²) in [5.74, 6) is -0.651. The van der Waals surface area contributed by atoms with E-state index in [0.29, 0.717) is 25.0 Å². The van der Waals surface area contributed by atoms with Crippen LogP contribution in [0.4, 0.5) is 8.78 Å². The van der Waals surface area contributed by atoms with Gasteiger partial charge >= 0.3 is 0 Å². The second-order valence-corrected chi connectivity index (χ2v) is 11.8. The zero-order chi connectivity index (χ0) is 26.8.